The quantitative estimate of drug-likeness (QED) is 0.826. The smallest absolute Gasteiger partial charge is 0.413 e. The molecule has 5 heteroatoms. The van der Waals surface area contributed by atoms with E-state index in [1.54, 1.807) is 6.20 Å². The molecular formula is C12H12N2O3. The van der Waals surface area contributed by atoms with Crippen LogP contribution < -0.4 is 5.32 Å². The van der Waals surface area contributed by atoms with E-state index in [0.717, 1.165) is 16.5 Å². The third-order valence-corrected chi connectivity index (χ3v) is 2.45. The van der Waals surface area contributed by atoms with Crippen molar-refractivity contribution in [2.24, 2.45) is 0 Å². The van der Waals surface area contributed by atoms with Crippen molar-refractivity contribution in [3.05, 3.63) is 36.0 Å². The number of fused-ring (bicyclic) bond motifs is 1. The molecule has 0 unspecified atom stereocenters. The summed E-state index contributed by atoms with van der Waals surface area (Å²) in [4.78, 5) is 25.4. The van der Waals surface area contributed by atoms with E-state index in [0.29, 0.717) is 0 Å². The molecule has 2 N–H and O–H groups in total. The second-order valence-electron chi connectivity index (χ2n) is 3.58. The number of ether oxygens (including phenoxy) is 1. The van der Waals surface area contributed by atoms with Crippen LogP contribution in [0.1, 0.15) is 5.56 Å². The van der Waals surface area contributed by atoms with Crippen molar-refractivity contribution in [1.29, 1.82) is 0 Å². The number of benzene rings is 1. The summed E-state index contributed by atoms with van der Waals surface area (Å²) in [5.41, 5.74) is 1.82. The summed E-state index contributed by atoms with van der Waals surface area (Å²) in [5, 5.41) is 3.10. The van der Waals surface area contributed by atoms with Gasteiger partial charge in [-0.25, -0.2) is 4.79 Å². The van der Waals surface area contributed by atoms with Crippen LogP contribution in [0.25, 0.3) is 10.9 Å². The first-order valence-electron chi connectivity index (χ1n) is 5.13. The average molecular weight is 232 g/mol. The topological polar surface area (TPSA) is 71.2 Å². The fourth-order valence-corrected chi connectivity index (χ4v) is 1.66. The largest absolute Gasteiger partial charge is 0.453 e. The van der Waals surface area contributed by atoms with Gasteiger partial charge in [-0.3, -0.25) is 10.1 Å². The van der Waals surface area contributed by atoms with E-state index >= 15 is 0 Å². The summed E-state index contributed by atoms with van der Waals surface area (Å²) in [7, 11) is 1.22. The van der Waals surface area contributed by atoms with Crippen LogP contribution in [-0.2, 0) is 16.0 Å². The number of carbonyl (C=O) groups is 2. The molecule has 2 rings (SSSR count). The maximum atomic E-state index is 11.5. The van der Waals surface area contributed by atoms with Crippen molar-refractivity contribution in [3.8, 4) is 0 Å². The Morgan fingerprint density at radius 3 is 2.88 bits per heavy atom. The van der Waals surface area contributed by atoms with E-state index in [2.05, 4.69) is 15.0 Å². The third kappa shape index (κ3) is 2.44. The molecule has 2 aromatic rings. The maximum absolute atomic E-state index is 11.5. The lowest BCUT2D eigenvalue weighted by atomic mass is 10.1. The monoisotopic (exact) mass is 232 g/mol. The van der Waals surface area contributed by atoms with Gasteiger partial charge in [0.1, 0.15) is 0 Å². The zero-order valence-corrected chi connectivity index (χ0v) is 9.32. The van der Waals surface area contributed by atoms with Crippen molar-refractivity contribution >= 4 is 22.9 Å². The van der Waals surface area contributed by atoms with Crippen LogP contribution in [0.3, 0.4) is 0 Å². The third-order valence-electron chi connectivity index (χ3n) is 2.45. The second-order valence-corrected chi connectivity index (χ2v) is 3.58. The predicted molar refractivity (Wildman–Crippen MR) is 62.6 cm³/mol. The highest BCUT2D eigenvalue weighted by molar-refractivity contribution is 5.95. The molecule has 0 aliphatic carbocycles. The molecule has 0 bridgehead atoms. The average Bonchev–Trinajstić information content (AvgIpc) is 2.72. The Balaban J connectivity index is 2.13. The molecular weight excluding hydrogens is 220 g/mol. The Hall–Kier alpha value is -2.30. The van der Waals surface area contributed by atoms with Gasteiger partial charge >= 0.3 is 6.09 Å². The van der Waals surface area contributed by atoms with E-state index in [9.17, 15) is 9.59 Å². The van der Waals surface area contributed by atoms with E-state index < -0.39 is 6.09 Å². The SMILES string of the molecule is COC(=O)NC(=O)Cc1c[nH]c2ccccc12. The van der Waals surface area contributed by atoms with Gasteiger partial charge < -0.3 is 9.72 Å². The molecule has 0 spiro atoms. The molecule has 88 valence electrons. The summed E-state index contributed by atoms with van der Waals surface area (Å²) in [6.45, 7) is 0. The number of H-pyrrole nitrogens is 1. The summed E-state index contributed by atoms with van der Waals surface area (Å²) >= 11 is 0. The molecule has 1 aromatic carbocycles. The number of rotatable bonds is 2. The van der Waals surface area contributed by atoms with E-state index in [1.165, 1.54) is 7.11 Å². The fraction of sp³-hybridized carbons (Fsp3) is 0.167. The van der Waals surface area contributed by atoms with Gasteiger partial charge in [-0.2, -0.15) is 0 Å². The molecule has 1 aromatic heterocycles. The fourth-order valence-electron chi connectivity index (χ4n) is 1.66. The number of hydrogen-bond donors (Lipinski definition) is 2. The lowest BCUT2D eigenvalue weighted by Gasteiger charge is -2.01. The minimum Gasteiger partial charge on any atom is -0.453 e. The zero-order valence-electron chi connectivity index (χ0n) is 9.32. The number of nitrogens with one attached hydrogen (secondary N) is 2. The lowest BCUT2D eigenvalue weighted by molar-refractivity contribution is -0.119. The first kappa shape index (κ1) is 11.2. The number of alkyl carbamates (subject to hydrolysis) is 1. The number of imide groups is 1. The first-order valence-corrected chi connectivity index (χ1v) is 5.13. The Kier molecular flexibility index (Phi) is 3.09. The minimum absolute atomic E-state index is 0.138. The number of amides is 2. The number of aromatic nitrogens is 1. The van der Waals surface area contributed by atoms with Gasteiger partial charge in [-0.15, -0.1) is 0 Å². The highest BCUT2D eigenvalue weighted by Gasteiger charge is 2.11. The van der Waals surface area contributed by atoms with Gasteiger partial charge in [0.05, 0.1) is 13.5 Å². The molecule has 0 atom stereocenters. The summed E-state index contributed by atoms with van der Waals surface area (Å²) in [6, 6.07) is 7.67. The van der Waals surface area contributed by atoms with Gasteiger partial charge in [0.25, 0.3) is 0 Å². The molecule has 17 heavy (non-hydrogen) atoms. The Bertz CT molecular complexity index is 560. The normalized spacial score (nSPS) is 10.2. The molecule has 0 saturated heterocycles. The minimum atomic E-state index is -0.741. The van der Waals surface area contributed by atoms with Crippen molar-refractivity contribution in [1.82, 2.24) is 10.3 Å². The van der Waals surface area contributed by atoms with Crippen molar-refractivity contribution in [3.63, 3.8) is 0 Å². The van der Waals surface area contributed by atoms with Crippen LogP contribution >= 0.6 is 0 Å². The van der Waals surface area contributed by atoms with Crippen LogP contribution in [-0.4, -0.2) is 24.1 Å². The maximum Gasteiger partial charge on any atom is 0.413 e. The standard InChI is InChI=1S/C12H12N2O3/c1-17-12(16)14-11(15)6-8-7-13-10-5-3-2-4-9(8)10/h2-5,7,13H,6H2,1H3,(H,14,15,16). The molecule has 0 aliphatic heterocycles. The number of carbonyl (C=O) groups excluding carboxylic acids is 2. The number of para-hydroxylation sites is 1. The van der Waals surface area contributed by atoms with Crippen molar-refractivity contribution in [2.45, 2.75) is 6.42 Å². The second kappa shape index (κ2) is 4.69. The van der Waals surface area contributed by atoms with Gasteiger partial charge in [0, 0.05) is 17.1 Å². The summed E-state index contributed by atoms with van der Waals surface area (Å²) in [5.74, 6) is -0.387. The number of methoxy groups -OCH3 is 1. The molecule has 0 radical (unpaired) electrons. The summed E-state index contributed by atoms with van der Waals surface area (Å²) < 4.78 is 4.35. The summed E-state index contributed by atoms with van der Waals surface area (Å²) in [6.07, 6.45) is 1.16. The first-order chi connectivity index (χ1) is 8.20. The van der Waals surface area contributed by atoms with Gasteiger partial charge in [0.15, 0.2) is 0 Å². The van der Waals surface area contributed by atoms with Crippen LogP contribution in [0, 0.1) is 0 Å². The van der Waals surface area contributed by atoms with Gasteiger partial charge in [-0.05, 0) is 11.6 Å². The zero-order chi connectivity index (χ0) is 12.3. The molecule has 0 fully saturated rings. The molecule has 1 heterocycles. The van der Waals surface area contributed by atoms with Crippen LogP contribution in [0.4, 0.5) is 4.79 Å². The van der Waals surface area contributed by atoms with Crippen LogP contribution in [0.2, 0.25) is 0 Å². The predicted octanol–water partition coefficient (Wildman–Crippen LogP) is 1.59. The van der Waals surface area contributed by atoms with Crippen molar-refractivity contribution < 1.29 is 14.3 Å². The lowest BCUT2D eigenvalue weighted by Crippen LogP contribution is -2.31. The number of hydrogen-bond acceptors (Lipinski definition) is 3. The Labute approximate surface area is 97.8 Å². The highest BCUT2D eigenvalue weighted by atomic mass is 16.5. The molecule has 5 nitrogen and oxygen atoms in total. The highest BCUT2D eigenvalue weighted by Crippen LogP contribution is 2.17. The van der Waals surface area contributed by atoms with Crippen LogP contribution in [0.15, 0.2) is 30.5 Å². The van der Waals surface area contributed by atoms with Crippen LogP contribution in [0.5, 0.6) is 0 Å². The van der Waals surface area contributed by atoms with Crippen molar-refractivity contribution in [2.75, 3.05) is 7.11 Å². The molecule has 0 aliphatic rings. The molecule has 0 saturated carbocycles. The molecule has 2 amide bonds. The number of aromatic amines is 1. The Morgan fingerprint density at radius 1 is 1.35 bits per heavy atom. The van der Waals surface area contributed by atoms with Gasteiger partial charge in [-0.1, -0.05) is 18.2 Å². The Morgan fingerprint density at radius 2 is 2.12 bits per heavy atom. The van der Waals surface area contributed by atoms with Gasteiger partial charge in [0.2, 0.25) is 5.91 Å². The van der Waals surface area contributed by atoms with E-state index in [4.69, 9.17) is 0 Å². The van der Waals surface area contributed by atoms with E-state index in [1.807, 2.05) is 24.3 Å². The van der Waals surface area contributed by atoms with E-state index in [-0.39, 0.29) is 12.3 Å².